The second-order valence-corrected chi connectivity index (χ2v) is 6.03. The predicted octanol–water partition coefficient (Wildman–Crippen LogP) is 2.47. The van der Waals surface area contributed by atoms with Crippen molar-refractivity contribution in [3.8, 4) is 5.69 Å². The molecule has 0 aliphatic carbocycles. The molecular formula is C20H17FN2O4. The molecule has 0 aliphatic heterocycles. The highest BCUT2D eigenvalue weighted by Crippen LogP contribution is 2.07. The van der Waals surface area contributed by atoms with E-state index in [0.717, 1.165) is 28.5 Å². The highest BCUT2D eigenvalue weighted by molar-refractivity contribution is 5.86. The molecule has 0 saturated heterocycles. The lowest BCUT2D eigenvalue weighted by Crippen LogP contribution is -2.41. The molecule has 7 heteroatoms. The van der Waals surface area contributed by atoms with Crippen LogP contribution >= 0.6 is 0 Å². The van der Waals surface area contributed by atoms with Crippen molar-refractivity contribution in [1.82, 2.24) is 9.13 Å². The van der Waals surface area contributed by atoms with E-state index in [2.05, 4.69) is 0 Å². The summed E-state index contributed by atoms with van der Waals surface area (Å²) in [7, 11) is 0. The number of nitrogens with zero attached hydrogens (tertiary/aromatic N) is 2. The van der Waals surface area contributed by atoms with Gasteiger partial charge in [-0.2, -0.15) is 0 Å². The summed E-state index contributed by atoms with van der Waals surface area (Å²) in [4.78, 5) is 36.6. The summed E-state index contributed by atoms with van der Waals surface area (Å²) >= 11 is 0. The normalized spacial score (nSPS) is 10.7. The number of hydrogen-bond donors (Lipinski definition) is 1. The first kappa shape index (κ1) is 18.3. The number of carboxylic acids is 1. The van der Waals surface area contributed by atoms with Crippen molar-refractivity contribution in [1.29, 1.82) is 0 Å². The molecule has 0 aliphatic rings. The Hall–Kier alpha value is -3.48. The fourth-order valence-corrected chi connectivity index (χ4v) is 2.82. The summed E-state index contributed by atoms with van der Waals surface area (Å²) in [6, 6.07) is 14.4. The molecule has 6 nitrogen and oxygen atoms in total. The minimum absolute atomic E-state index is 0.117. The van der Waals surface area contributed by atoms with Crippen molar-refractivity contribution in [2.45, 2.75) is 19.4 Å². The number of carbonyl (C=O) groups is 1. The molecule has 1 heterocycles. The van der Waals surface area contributed by atoms with E-state index in [1.54, 1.807) is 0 Å². The lowest BCUT2D eigenvalue weighted by atomic mass is 10.1. The number of hydrogen-bond acceptors (Lipinski definition) is 3. The molecule has 1 N–H and O–H groups in total. The zero-order valence-electron chi connectivity index (χ0n) is 14.3. The van der Waals surface area contributed by atoms with Crippen molar-refractivity contribution in [2.75, 3.05) is 0 Å². The molecule has 138 valence electrons. The topological polar surface area (TPSA) is 81.3 Å². The second-order valence-electron chi connectivity index (χ2n) is 6.03. The first-order valence-electron chi connectivity index (χ1n) is 8.37. The Kier molecular flexibility index (Phi) is 5.30. The minimum atomic E-state index is -1.42. The van der Waals surface area contributed by atoms with Gasteiger partial charge in [-0.25, -0.2) is 18.5 Å². The summed E-state index contributed by atoms with van der Waals surface area (Å²) in [5.74, 6) is -1.95. The number of halogens is 1. The molecule has 0 amide bonds. The fraction of sp³-hybridized carbons (Fsp3) is 0.150. The lowest BCUT2D eigenvalue weighted by molar-refractivity contribution is 0.0693. The van der Waals surface area contributed by atoms with Gasteiger partial charge in [0, 0.05) is 12.7 Å². The average molecular weight is 368 g/mol. The smallest absolute Gasteiger partial charge is 0.342 e. The van der Waals surface area contributed by atoms with Crippen LogP contribution in [0.5, 0.6) is 0 Å². The van der Waals surface area contributed by atoms with Crippen molar-refractivity contribution in [2.24, 2.45) is 0 Å². The van der Waals surface area contributed by atoms with Crippen molar-refractivity contribution >= 4 is 5.97 Å². The molecule has 0 atom stereocenters. The highest BCUT2D eigenvalue weighted by Gasteiger charge is 2.17. The summed E-state index contributed by atoms with van der Waals surface area (Å²) in [5, 5.41) is 9.31. The van der Waals surface area contributed by atoms with Gasteiger partial charge in [0.2, 0.25) is 0 Å². The van der Waals surface area contributed by atoms with Crippen LogP contribution < -0.4 is 11.2 Å². The van der Waals surface area contributed by atoms with Crippen LogP contribution in [0.2, 0.25) is 0 Å². The van der Waals surface area contributed by atoms with Gasteiger partial charge in [-0.3, -0.25) is 9.36 Å². The Morgan fingerprint density at radius 1 is 1.00 bits per heavy atom. The summed E-state index contributed by atoms with van der Waals surface area (Å²) < 4.78 is 15.1. The van der Waals surface area contributed by atoms with E-state index in [4.69, 9.17) is 0 Å². The van der Waals surface area contributed by atoms with Gasteiger partial charge in [0.15, 0.2) is 0 Å². The zero-order valence-corrected chi connectivity index (χ0v) is 14.3. The van der Waals surface area contributed by atoms with E-state index < -0.39 is 28.6 Å². The molecule has 0 fully saturated rings. The molecule has 27 heavy (non-hydrogen) atoms. The van der Waals surface area contributed by atoms with Crippen LogP contribution in [0.15, 0.2) is 70.4 Å². The molecule has 1 aromatic heterocycles. The van der Waals surface area contributed by atoms with E-state index in [1.807, 2.05) is 30.3 Å². The lowest BCUT2D eigenvalue weighted by Gasteiger charge is -2.12. The third-order valence-electron chi connectivity index (χ3n) is 4.18. The number of rotatable bonds is 6. The summed E-state index contributed by atoms with van der Waals surface area (Å²) in [5.41, 5.74) is -0.913. The summed E-state index contributed by atoms with van der Waals surface area (Å²) in [6.45, 7) is 0.246. The van der Waals surface area contributed by atoms with Crippen molar-refractivity contribution in [3.63, 3.8) is 0 Å². The van der Waals surface area contributed by atoms with Gasteiger partial charge in [-0.15, -0.1) is 0 Å². The minimum Gasteiger partial charge on any atom is -0.477 e. The van der Waals surface area contributed by atoms with E-state index in [1.165, 1.54) is 16.7 Å². The van der Waals surface area contributed by atoms with Crippen molar-refractivity contribution < 1.29 is 14.3 Å². The molecule has 0 radical (unpaired) electrons. The van der Waals surface area contributed by atoms with Crippen LogP contribution in [0.25, 0.3) is 5.69 Å². The largest absolute Gasteiger partial charge is 0.477 e. The molecule has 0 spiro atoms. The maximum Gasteiger partial charge on any atom is 0.342 e. The van der Waals surface area contributed by atoms with E-state index in [9.17, 15) is 23.9 Å². The molecule has 0 saturated carbocycles. The Bertz CT molecular complexity index is 1070. The predicted molar refractivity (Wildman–Crippen MR) is 98.0 cm³/mol. The van der Waals surface area contributed by atoms with Gasteiger partial charge in [-0.05, 0) is 42.7 Å². The maximum absolute atomic E-state index is 13.2. The Morgan fingerprint density at radius 3 is 2.30 bits per heavy atom. The van der Waals surface area contributed by atoms with Gasteiger partial charge in [0.05, 0.1) is 5.69 Å². The quantitative estimate of drug-likeness (QED) is 0.725. The van der Waals surface area contributed by atoms with E-state index in [-0.39, 0.29) is 12.2 Å². The Morgan fingerprint density at radius 2 is 1.67 bits per heavy atom. The first-order chi connectivity index (χ1) is 13.0. The molecule has 2 aromatic carbocycles. The number of aryl methyl sites for hydroxylation is 2. The number of benzene rings is 2. The van der Waals surface area contributed by atoms with E-state index >= 15 is 0 Å². The maximum atomic E-state index is 13.2. The Labute approximate surface area is 153 Å². The number of aromatic carboxylic acids is 1. The monoisotopic (exact) mass is 368 g/mol. The van der Waals surface area contributed by atoms with Crippen LogP contribution in [0.4, 0.5) is 4.39 Å². The van der Waals surface area contributed by atoms with Gasteiger partial charge in [0.1, 0.15) is 11.4 Å². The molecule has 0 bridgehead atoms. The van der Waals surface area contributed by atoms with Gasteiger partial charge in [-0.1, -0.05) is 30.3 Å². The molecule has 3 rings (SSSR count). The van der Waals surface area contributed by atoms with Gasteiger partial charge >= 0.3 is 11.7 Å². The number of aromatic nitrogens is 2. The van der Waals surface area contributed by atoms with Crippen LogP contribution in [-0.4, -0.2) is 20.2 Å². The van der Waals surface area contributed by atoms with Crippen LogP contribution in [-0.2, 0) is 13.0 Å². The number of carboxylic acid groups (broad SMARTS) is 1. The van der Waals surface area contributed by atoms with Gasteiger partial charge < -0.3 is 5.11 Å². The van der Waals surface area contributed by atoms with Crippen LogP contribution in [0.3, 0.4) is 0 Å². The van der Waals surface area contributed by atoms with Crippen LogP contribution in [0, 0.1) is 5.82 Å². The van der Waals surface area contributed by atoms with E-state index in [0.29, 0.717) is 12.8 Å². The third-order valence-corrected chi connectivity index (χ3v) is 4.18. The Balaban J connectivity index is 1.98. The van der Waals surface area contributed by atoms with Crippen molar-refractivity contribution in [3.05, 3.63) is 98.6 Å². The standard InChI is InChI=1S/C20H17FN2O4/c21-15-8-10-16(11-9-15)23-18(24)17(19(25)26)13-22(20(23)27)12-4-7-14-5-2-1-3-6-14/h1-3,5-6,8-11,13H,4,7,12H2,(H,25,26). The molecular weight excluding hydrogens is 351 g/mol. The zero-order chi connectivity index (χ0) is 19.4. The third kappa shape index (κ3) is 4.03. The second kappa shape index (κ2) is 7.82. The first-order valence-corrected chi connectivity index (χ1v) is 8.37. The molecule has 3 aromatic rings. The summed E-state index contributed by atoms with van der Waals surface area (Å²) in [6.07, 6.45) is 2.36. The van der Waals surface area contributed by atoms with Crippen LogP contribution in [0.1, 0.15) is 22.3 Å². The fourth-order valence-electron chi connectivity index (χ4n) is 2.82. The average Bonchev–Trinajstić information content (AvgIpc) is 2.65. The SMILES string of the molecule is O=C(O)c1cn(CCCc2ccccc2)c(=O)n(-c2ccc(F)cc2)c1=O. The molecule has 0 unspecified atom stereocenters. The van der Waals surface area contributed by atoms with Gasteiger partial charge in [0.25, 0.3) is 5.56 Å². The highest BCUT2D eigenvalue weighted by atomic mass is 19.1.